The number of hydrogen-bond donors (Lipinski definition) is 2. The number of amidine groups is 1. The smallest absolute Gasteiger partial charge is 0.127 e. The largest absolute Gasteiger partial charge is 0.385 e. The number of ether oxygens (including phenoxy) is 1. The van der Waals surface area contributed by atoms with E-state index in [4.69, 9.17) is 15.9 Å². The summed E-state index contributed by atoms with van der Waals surface area (Å²) in [6.45, 7) is 8.04. The van der Waals surface area contributed by atoms with Gasteiger partial charge in [-0.15, -0.1) is 0 Å². The van der Waals surface area contributed by atoms with Gasteiger partial charge in [0, 0.05) is 19.6 Å². The van der Waals surface area contributed by atoms with Crippen LogP contribution in [0.25, 0.3) is 0 Å². The number of nitrogens with two attached hydrogens (primary N) is 1. The molecule has 4 nitrogen and oxygen atoms in total. The third-order valence-electron chi connectivity index (χ3n) is 2.85. The molecule has 1 aliphatic heterocycles. The van der Waals surface area contributed by atoms with Gasteiger partial charge in [-0.3, -0.25) is 10.3 Å². The Kier molecular flexibility index (Phi) is 5.05. The molecule has 1 rings (SSSR count). The van der Waals surface area contributed by atoms with E-state index in [1.165, 1.54) is 12.8 Å². The van der Waals surface area contributed by atoms with Crippen LogP contribution in [0.5, 0.6) is 0 Å². The highest BCUT2D eigenvalue weighted by Crippen LogP contribution is 2.11. The normalized spacial score (nSPS) is 25.1. The highest BCUT2D eigenvalue weighted by Gasteiger charge is 2.23. The standard InChI is InChI=1S/C11H23N3O/c1-3-4-9(2)7-14-5-6-15-10(8-14)11(12)13/h9-10H,3-8H2,1-2H3,(H3,12,13). The maximum Gasteiger partial charge on any atom is 0.127 e. The summed E-state index contributed by atoms with van der Waals surface area (Å²) in [7, 11) is 0. The lowest BCUT2D eigenvalue weighted by Crippen LogP contribution is -2.49. The quantitative estimate of drug-likeness (QED) is 0.530. The van der Waals surface area contributed by atoms with E-state index in [0.717, 1.165) is 25.6 Å². The molecule has 1 heterocycles. The first-order chi connectivity index (χ1) is 7.13. The Morgan fingerprint density at radius 1 is 1.67 bits per heavy atom. The second kappa shape index (κ2) is 6.08. The van der Waals surface area contributed by atoms with E-state index >= 15 is 0 Å². The van der Waals surface area contributed by atoms with Crippen molar-refractivity contribution in [3.8, 4) is 0 Å². The molecule has 0 spiro atoms. The van der Waals surface area contributed by atoms with Gasteiger partial charge in [0.1, 0.15) is 11.9 Å². The highest BCUT2D eigenvalue weighted by atomic mass is 16.5. The van der Waals surface area contributed by atoms with Crippen LogP contribution in [0.1, 0.15) is 26.7 Å². The predicted octanol–water partition coefficient (Wildman–Crippen LogP) is 1.06. The fraction of sp³-hybridized carbons (Fsp3) is 0.909. The molecular formula is C11H23N3O. The molecule has 0 aliphatic carbocycles. The van der Waals surface area contributed by atoms with Gasteiger partial charge in [0.25, 0.3) is 0 Å². The SMILES string of the molecule is CCCC(C)CN1CCOC(C(=N)N)C1. The Morgan fingerprint density at radius 2 is 2.40 bits per heavy atom. The fourth-order valence-corrected chi connectivity index (χ4v) is 2.08. The van der Waals surface area contributed by atoms with E-state index < -0.39 is 0 Å². The summed E-state index contributed by atoms with van der Waals surface area (Å²) in [6, 6.07) is 0. The molecule has 1 aliphatic rings. The zero-order valence-corrected chi connectivity index (χ0v) is 9.83. The Hall–Kier alpha value is -0.610. The number of morpholine rings is 1. The van der Waals surface area contributed by atoms with Gasteiger partial charge in [0.15, 0.2) is 0 Å². The molecule has 0 amide bonds. The predicted molar refractivity (Wildman–Crippen MR) is 62.2 cm³/mol. The van der Waals surface area contributed by atoms with Crippen molar-refractivity contribution in [3.05, 3.63) is 0 Å². The van der Waals surface area contributed by atoms with Crippen molar-refractivity contribution in [2.24, 2.45) is 11.7 Å². The summed E-state index contributed by atoms with van der Waals surface area (Å²) in [5, 5.41) is 7.37. The van der Waals surface area contributed by atoms with Crippen LogP contribution in [0, 0.1) is 11.3 Å². The van der Waals surface area contributed by atoms with E-state index in [-0.39, 0.29) is 11.9 Å². The zero-order chi connectivity index (χ0) is 11.3. The average molecular weight is 213 g/mol. The van der Waals surface area contributed by atoms with E-state index in [0.29, 0.717) is 6.61 Å². The Morgan fingerprint density at radius 3 is 3.00 bits per heavy atom. The van der Waals surface area contributed by atoms with Crippen molar-refractivity contribution in [1.82, 2.24) is 4.90 Å². The van der Waals surface area contributed by atoms with Crippen molar-refractivity contribution in [2.75, 3.05) is 26.2 Å². The average Bonchev–Trinajstić information content (AvgIpc) is 2.18. The van der Waals surface area contributed by atoms with Gasteiger partial charge < -0.3 is 10.5 Å². The van der Waals surface area contributed by atoms with Crippen LogP contribution >= 0.6 is 0 Å². The van der Waals surface area contributed by atoms with Crippen LogP contribution in [-0.2, 0) is 4.74 Å². The summed E-state index contributed by atoms with van der Waals surface area (Å²) < 4.78 is 5.42. The lowest BCUT2D eigenvalue weighted by atomic mass is 10.1. The summed E-state index contributed by atoms with van der Waals surface area (Å²) >= 11 is 0. The van der Waals surface area contributed by atoms with Crippen molar-refractivity contribution in [1.29, 1.82) is 5.41 Å². The minimum absolute atomic E-state index is 0.155. The van der Waals surface area contributed by atoms with Gasteiger partial charge in [-0.25, -0.2) is 0 Å². The lowest BCUT2D eigenvalue weighted by Gasteiger charge is -2.33. The van der Waals surface area contributed by atoms with Crippen LogP contribution in [0.4, 0.5) is 0 Å². The molecule has 0 radical (unpaired) electrons. The van der Waals surface area contributed by atoms with Crippen molar-refractivity contribution >= 4 is 5.84 Å². The maximum atomic E-state index is 7.37. The molecule has 1 saturated heterocycles. The maximum absolute atomic E-state index is 7.37. The number of nitrogens with zero attached hydrogens (tertiary/aromatic N) is 1. The Labute approximate surface area is 92.3 Å². The summed E-state index contributed by atoms with van der Waals surface area (Å²) in [4.78, 5) is 2.36. The van der Waals surface area contributed by atoms with Crippen LogP contribution in [0.3, 0.4) is 0 Å². The molecule has 3 N–H and O–H groups in total. The van der Waals surface area contributed by atoms with E-state index in [2.05, 4.69) is 18.7 Å². The topological polar surface area (TPSA) is 62.3 Å². The van der Waals surface area contributed by atoms with Gasteiger partial charge in [-0.2, -0.15) is 0 Å². The Balaban J connectivity index is 2.32. The molecule has 1 fully saturated rings. The number of rotatable bonds is 5. The minimum atomic E-state index is -0.187. The van der Waals surface area contributed by atoms with E-state index in [1.807, 2.05) is 0 Å². The molecule has 0 aromatic carbocycles. The molecule has 88 valence electrons. The second-order valence-electron chi connectivity index (χ2n) is 4.47. The van der Waals surface area contributed by atoms with Gasteiger partial charge in [-0.05, 0) is 12.3 Å². The number of hydrogen-bond acceptors (Lipinski definition) is 3. The minimum Gasteiger partial charge on any atom is -0.385 e. The third-order valence-corrected chi connectivity index (χ3v) is 2.85. The molecular weight excluding hydrogens is 190 g/mol. The molecule has 2 atom stereocenters. The molecule has 0 aromatic heterocycles. The van der Waals surface area contributed by atoms with Gasteiger partial charge in [0.2, 0.25) is 0 Å². The molecule has 15 heavy (non-hydrogen) atoms. The van der Waals surface area contributed by atoms with Crippen molar-refractivity contribution < 1.29 is 4.74 Å². The van der Waals surface area contributed by atoms with E-state index in [1.54, 1.807) is 0 Å². The summed E-state index contributed by atoms with van der Waals surface area (Å²) in [5.41, 5.74) is 5.45. The van der Waals surface area contributed by atoms with Crippen LogP contribution in [-0.4, -0.2) is 43.1 Å². The molecule has 0 aromatic rings. The molecule has 4 heteroatoms. The van der Waals surface area contributed by atoms with Gasteiger partial charge in [-0.1, -0.05) is 20.3 Å². The second-order valence-corrected chi connectivity index (χ2v) is 4.47. The van der Waals surface area contributed by atoms with Crippen LogP contribution < -0.4 is 5.73 Å². The highest BCUT2D eigenvalue weighted by molar-refractivity contribution is 5.82. The summed E-state index contributed by atoms with van der Waals surface area (Å²) in [5.74, 6) is 0.878. The monoisotopic (exact) mass is 213 g/mol. The van der Waals surface area contributed by atoms with Crippen LogP contribution in [0.15, 0.2) is 0 Å². The van der Waals surface area contributed by atoms with Crippen LogP contribution in [0.2, 0.25) is 0 Å². The molecule has 0 bridgehead atoms. The number of nitrogens with one attached hydrogen (secondary N) is 1. The van der Waals surface area contributed by atoms with Crippen molar-refractivity contribution in [3.63, 3.8) is 0 Å². The Bertz CT molecular complexity index is 208. The molecule has 2 unspecified atom stereocenters. The lowest BCUT2D eigenvalue weighted by molar-refractivity contribution is 0.000370. The van der Waals surface area contributed by atoms with Crippen molar-refractivity contribution in [2.45, 2.75) is 32.8 Å². The van der Waals surface area contributed by atoms with E-state index in [9.17, 15) is 0 Å². The van der Waals surface area contributed by atoms with Gasteiger partial charge in [0.05, 0.1) is 6.61 Å². The molecule has 0 saturated carbocycles. The zero-order valence-electron chi connectivity index (χ0n) is 9.83. The summed E-state index contributed by atoms with van der Waals surface area (Å²) in [6.07, 6.45) is 2.32. The fourth-order valence-electron chi connectivity index (χ4n) is 2.08. The first kappa shape index (κ1) is 12.5. The first-order valence-corrected chi connectivity index (χ1v) is 5.81. The van der Waals surface area contributed by atoms with Gasteiger partial charge >= 0.3 is 0 Å². The first-order valence-electron chi connectivity index (χ1n) is 5.81. The third kappa shape index (κ3) is 4.18.